The van der Waals surface area contributed by atoms with Gasteiger partial charge in [0.1, 0.15) is 5.60 Å². The Morgan fingerprint density at radius 1 is 1.09 bits per heavy atom. The highest BCUT2D eigenvalue weighted by Gasteiger charge is 2.29. The van der Waals surface area contributed by atoms with Crippen molar-refractivity contribution in [3.8, 4) is 11.8 Å². The molecule has 3 rings (SSSR count). The maximum absolute atomic E-state index is 10.5. The third-order valence-corrected chi connectivity index (χ3v) is 6.36. The summed E-state index contributed by atoms with van der Waals surface area (Å²) in [6, 6.07) is 14.5. The van der Waals surface area contributed by atoms with Crippen molar-refractivity contribution < 1.29 is 20.1 Å². The van der Waals surface area contributed by atoms with E-state index in [9.17, 15) is 15.3 Å². The summed E-state index contributed by atoms with van der Waals surface area (Å²) in [6.07, 6.45) is 3.07. The van der Waals surface area contributed by atoms with Gasteiger partial charge in [-0.05, 0) is 60.6 Å². The highest BCUT2D eigenvalue weighted by Crippen LogP contribution is 2.32. The summed E-state index contributed by atoms with van der Waals surface area (Å²) in [7, 11) is 0. The molecule has 0 aromatic heterocycles. The number of ether oxygens (including phenoxy) is 1. The Morgan fingerprint density at radius 2 is 1.84 bits per heavy atom. The molecule has 1 fully saturated rings. The van der Waals surface area contributed by atoms with Crippen molar-refractivity contribution in [2.45, 2.75) is 83.2 Å². The van der Waals surface area contributed by atoms with Gasteiger partial charge in [-0.25, -0.2) is 0 Å². The number of benzene rings is 2. The Hall–Kier alpha value is -2.16. The topological polar surface area (TPSA) is 69.9 Å². The van der Waals surface area contributed by atoms with Crippen LogP contribution in [0.2, 0.25) is 0 Å². The molecular weight excluding hydrogens is 400 g/mol. The van der Waals surface area contributed by atoms with Crippen LogP contribution in [-0.2, 0) is 11.2 Å². The van der Waals surface area contributed by atoms with E-state index in [1.54, 1.807) is 0 Å². The first kappa shape index (κ1) is 24.5. The zero-order chi connectivity index (χ0) is 23.1. The lowest BCUT2D eigenvalue weighted by Gasteiger charge is -2.32. The van der Waals surface area contributed by atoms with Gasteiger partial charge in [0.05, 0.1) is 24.9 Å². The predicted molar refractivity (Wildman–Crippen MR) is 127 cm³/mol. The lowest BCUT2D eigenvalue weighted by atomic mass is 9.92. The smallest absolute Gasteiger partial charge is 0.125 e. The second kappa shape index (κ2) is 11.1. The number of hydrogen-bond acceptors (Lipinski definition) is 4. The van der Waals surface area contributed by atoms with Crippen molar-refractivity contribution in [1.29, 1.82) is 0 Å². The summed E-state index contributed by atoms with van der Waals surface area (Å²) in [5, 5.41) is 30.1. The van der Waals surface area contributed by atoms with Gasteiger partial charge in [-0.1, -0.05) is 62.4 Å². The minimum atomic E-state index is -0.908. The summed E-state index contributed by atoms with van der Waals surface area (Å²) < 4.78 is 5.99. The molecular formula is C28H36O4. The standard InChI is InChI=1S/C28H36O4/c1-4-13-28(31,5-2)14-12-21-7-9-22(10-8-21)15-24-16-23(11-6-20(24)3)27-18-25(30)17-26(19-29)32-27/h6-11,16,25-27,29-31H,4-5,13,15,17-19H2,1-3H3. The van der Waals surface area contributed by atoms with Gasteiger partial charge in [-0.3, -0.25) is 0 Å². The van der Waals surface area contributed by atoms with Crippen molar-refractivity contribution >= 4 is 0 Å². The van der Waals surface area contributed by atoms with Crippen LogP contribution in [0.25, 0.3) is 0 Å². The molecule has 3 N–H and O–H groups in total. The lowest BCUT2D eigenvalue weighted by Crippen LogP contribution is -2.33. The Kier molecular flexibility index (Phi) is 8.51. The van der Waals surface area contributed by atoms with Gasteiger partial charge >= 0.3 is 0 Å². The Morgan fingerprint density at radius 3 is 2.50 bits per heavy atom. The van der Waals surface area contributed by atoms with Crippen molar-refractivity contribution in [3.05, 3.63) is 70.3 Å². The van der Waals surface area contributed by atoms with Crippen molar-refractivity contribution in [1.82, 2.24) is 0 Å². The molecule has 0 bridgehead atoms. The van der Waals surface area contributed by atoms with Crippen LogP contribution in [-0.4, -0.2) is 39.7 Å². The Bertz CT molecular complexity index is 940. The monoisotopic (exact) mass is 436 g/mol. The fourth-order valence-corrected chi connectivity index (χ4v) is 4.26. The molecule has 4 atom stereocenters. The third kappa shape index (κ3) is 6.43. The second-order valence-corrected chi connectivity index (χ2v) is 9.00. The quantitative estimate of drug-likeness (QED) is 0.561. The lowest BCUT2D eigenvalue weighted by molar-refractivity contribution is -0.113. The molecule has 32 heavy (non-hydrogen) atoms. The number of aliphatic hydroxyl groups is 3. The van der Waals surface area contributed by atoms with Crippen LogP contribution in [0.5, 0.6) is 0 Å². The number of aliphatic hydroxyl groups excluding tert-OH is 2. The van der Waals surface area contributed by atoms with Crippen LogP contribution < -0.4 is 0 Å². The van der Waals surface area contributed by atoms with Crippen molar-refractivity contribution in [3.63, 3.8) is 0 Å². The van der Waals surface area contributed by atoms with E-state index in [-0.39, 0.29) is 18.8 Å². The van der Waals surface area contributed by atoms with E-state index < -0.39 is 11.7 Å². The van der Waals surface area contributed by atoms with E-state index in [2.05, 4.69) is 56.0 Å². The van der Waals surface area contributed by atoms with Crippen LogP contribution >= 0.6 is 0 Å². The summed E-state index contributed by atoms with van der Waals surface area (Å²) in [4.78, 5) is 0. The second-order valence-electron chi connectivity index (χ2n) is 9.00. The van der Waals surface area contributed by atoms with Crippen LogP contribution in [0, 0.1) is 18.8 Å². The van der Waals surface area contributed by atoms with E-state index in [1.165, 1.54) is 16.7 Å². The molecule has 0 amide bonds. The molecule has 4 heteroatoms. The van der Waals surface area contributed by atoms with Crippen LogP contribution in [0.4, 0.5) is 0 Å². The van der Waals surface area contributed by atoms with Crippen molar-refractivity contribution in [2.24, 2.45) is 0 Å². The maximum Gasteiger partial charge on any atom is 0.125 e. The largest absolute Gasteiger partial charge is 0.394 e. The zero-order valence-electron chi connectivity index (χ0n) is 19.5. The molecule has 2 aromatic carbocycles. The minimum absolute atomic E-state index is 0.0738. The first-order valence-electron chi connectivity index (χ1n) is 11.7. The first-order valence-corrected chi connectivity index (χ1v) is 11.7. The normalized spacial score (nSPS) is 22.6. The molecule has 2 aromatic rings. The molecule has 1 aliphatic rings. The van der Waals surface area contributed by atoms with E-state index in [1.807, 2.05) is 19.1 Å². The molecule has 0 saturated carbocycles. The molecule has 0 aliphatic carbocycles. The summed E-state index contributed by atoms with van der Waals surface area (Å²) >= 11 is 0. The summed E-state index contributed by atoms with van der Waals surface area (Å²) in [5.41, 5.74) is 4.65. The average Bonchev–Trinajstić information content (AvgIpc) is 2.80. The zero-order valence-corrected chi connectivity index (χ0v) is 19.5. The molecule has 1 aliphatic heterocycles. The van der Waals surface area contributed by atoms with Gasteiger partial charge in [0.2, 0.25) is 0 Å². The molecule has 1 heterocycles. The van der Waals surface area contributed by atoms with E-state index in [4.69, 9.17) is 4.74 Å². The molecule has 172 valence electrons. The number of rotatable bonds is 7. The average molecular weight is 437 g/mol. The minimum Gasteiger partial charge on any atom is -0.394 e. The number of aryl methyl sites for hydroxylation is 1. The fraction of sp³-hybridized carbons (Fsp3) is 0.500. The summed E-state index contributed by atoms with van der Waals surface area (Å²) in [5.74, 6) is 6.18. The van der Waals surface area contributed by atoms with E-state index in [0.717, 1.165) is 24.0 Å². The molecule has 0 spiro atoms. The van der Waals surface area contributed by atoms with Gasteiger partial charge in [0.15, 0.2) is 0 Å². The molecule has 4 nitrogen and oxygen atoms in total. The molecule has 4 unspecified atom stereocenters. The van der Waals surface area contributed by atoms with E-state index in [0.29, 0.717) is 25.7 Å². The van der Waals surface area contributed by atoms with Crippen LogP contribution in [0.3, 0.4) is 0 Å². The van der Waals surface area contributed by atoms with E-state index >= 15 is 0 Å². The summed E-state index contributed by atoms with van der Waals surface area (Å²) in [6.45, 7) is 6.05. The number of hydrogen-bond donors (Lipinski definition) is 3. The van der Waals surface area contributed by atoms with Gasteiger partial charge < -0.3 is 20.1 Å². The predicted octanol–water partition coefficient (Wildman–Crippen LogP) is 4.45. The highest BCUT2D eigenvalue weighted by molar-refractivity contribution is 5.41. The SMILES string of the molecule is CCCC(O)(C#Cc1ccc(Cc2cc(C3CC(O)CC(CO)O3)ccc2C)cc1)CC. The van der Waals surface area contributed by atoms with Gasteiger partial charge in [-0.15, -0.1) is 0 Å². The molecule has 0 radical (unpaired) electrons. The van der Waals surface area contributed by atoms with Gasteiger partial charge in [0, 0.05) is 18.4 Å². The first-order chi connectivity index (χ1) is 15.4. The Balaban J connectivity index is 1.73. The van der Waals surface area contributed by atoms with Gasteiger partial charge in [-0.2, -0.15) is 0 Å². The van der Waals surface area contributed by atoms with Crippen LogP contribution in [0.1, 0.15) is 79.9 Å². The fourth-order valence-electron chi connectivity index (χ4n) is 4.26. The Labute approximate surface area is 192 Å². The maximum atomic E-state index is 10.5. The molecule has 1 saturated heterocycles. The van der Waals surface area contributed by atoms with Gasteiger partial charge in [0.25, 0.3) is 0 Å². The highest BCUT2D eigenvalue weighted by atomic mass is 16.5. The van der Waals surface area contributed by atoms with Crippen molar-refractivity contribution in [2.75, 3.05) is 6.61 Å². The van der Waals surface area contributed by atoms with Crippen LogP contribution in [0.15, 0.2) is 42.5 Å². The third-order valence-electron chi connectivity index (χ3n) is 6.36.